The molecule has 5 N–H and O–H groups in total. The van der Waals surface area contributed by atoms with E-state index >= 15 is 0 Å². The molecular weight excluding hydrogens is 238 g/mol. The van der Waals surface area contributed by atoms with E-state index in [0.29, 0.717) is 6.42 Å². The van der Waals surface area contributed by atoms with Crippen molar-refractivity contribution in [3.8, 4) is 0 Å². The fourth-order valence-corrected chi connectivity index (χ4v) is 1.89. The molecule has 0 saturated carbocycles. The first-order valence-electron chi connectivity index (χ1n) is 6.05. The summed E-state index contributed by atoms with van der Waals surface area (Å²) in [6.07, 6.45) is 2.63. The Kier molecular flexibility index (Phi) is 5.57. The zero-order chi connectivity index (χ0) is 13.5. The number of nitrogens with one attached hydrogen (secondary N) is 2. The van der Waals surface area contributed by atoms with Crippen LogP contribution in [0.15, 0.2) is 0 Å². The van der Waals surface area contributed by atoms with Crippen molar-refractivity contribution in [2.24, 2.45) is 5.73 Å². The lowest BCUT2D eigenvalue weighted by Crippen LogP contribution is -2.51. The molecule has 102 valence electrons. The van der Waals surface area contributed by atoms with E-state index in [0.717, 1.165) is 19.4 Å². The fourth-order valence-electron chi connectivity index (χ4n) is 1.89. The molecule has 0 radical (unpaired) electrons. The van der Waals surface area contributed by atoms with Crippen LogP contribution in [0.5, 0.6) is 0 Å². The van der Waals surface area contributed by atoms with E-state index in [-0.39, 0.29) is 24.8 Å². The Morgan fingerprint density at radius 3 is 2.61 bits per heavy atom. The lowest BCUT2D eigenvalue weighted by atomic mass is 10.0. The Labute approximate surface area is 105 Å². The van der Waals surface area contributed by atoms with Gasteiger partial charge in [0.05, 0.1) is 6.04 Å². The van der Waals surface area contributed by atoms with Crippen LogP contribution in [0.1, 0.15) is 32.1 Å². The maximum absolute atomic E-state index is 11.8. The Bertz CT molecular complexity index is 326. The molecule has 0 aromatic carbocycles. The molecule has 2 amide bonds. The van der Waals surface area contributed by atoms with Gasteiger partial charge in [0.2, 0.25) is 11.8 Å². The minimum Gasteiger partial charge on any atom is -0.480 e. The number of amides is 2. The number of carboxylic acid groups (broad SMARTS) is 1. The van der Waals surface area contributed by atoms with Gasteiger partial charge in [0, 0.05) is 6.42 Å². The van der Waals surface area contributed by atoms with Crippen molar-refractivity contribution in [2.45, 2.75) is 44.2 Å². The van der Waals surface area contributed by atoms with E-state index in [1.54, 1.807) is 0 Å². The van der Waals surface area contributed by atoms with E-state index < -0.39 is 17.9 Å². The summed E-state index contributed by atoms with van der Waals surface area (Å²) in [6, 6.07) is -1.40. The highest BCUT2D eigenvalue weighted by atomic mass is 16.4. The molecule has 2 atom stereocenters. The molecule has 1 fully saturated rings. The van der Waals surface area contributed by atoms with Gasteiger partial charge in [0.25, 0.3) is 0 Å². The predicted molar refractivity (Wildman–Crippen MR) is 63.6 cm³/mol. The van der Waals surface area contributed by atoms with Gasteiger partial charge in [-0.05, 0) is 25.8 Å². The molecule has 1 aliphatic heterocycles. The minimum absolute atomic E-state index is 0.0170. The van der Waals surface area contributed by atoms with E-state index in [9.17, 15) is 14.4 Å². The van der Waals surface area contributed by atoms with Crippen LogP contribution in [-0.2, 0) is 14.4 Å². The Morgan fingerprint density at radius 2 is 2.11 bits per heavy atom. The number of nitrogens with two attached hydrogens (primary N) is 1. The minimum atomic E-state index is -1.15. The zero-order valence-corrected chi connectivity index (χ0v) is 10.1. The number of hydrogen-bond donors (Lipinski definition) is 4. The number of carbonyl (C=O) groups is 3. The van der Waals surface area contributed by atoms with E-state index in [1.165, 1.54) is 0 Å². The quantitative estimate of drug-likeness (QED) is 0.484. The zero-order valence-electron chi connectivity index (χ0n) is 10.1. The molecule has 7 nitrogen and oxygen atoms in total. The van der Waals surface area contributed by atoms with Crippen molar-refractivity contribution in [3.63, 3.8) is 0 Å². The van der Waals surface area contributed by atoms with Crippen molar-refractivity contribution in [1.29, 1.82) is 0 Å². The van der Waals surface area contributed by atoms with Crippen molar-refractivity contribution in [3.05, 3.63) is 0 Å². The average molecular weight is 257 g/mol. The van der Waals surface area contributed by atoms with Gasteiger partial charge < -0.3 is 21.5 Å². The maximum atomic E-state index is 11.8. The third-order valence-corrected chi connectivity index (χ3v) is 2.92. The largest absolute Gasteiger partial charge is 0.480 e. The van der Waals surface area contributed by atoms with Gasteiger partial charge in [-0.25, -0.2) is 4.79 Å². The first kappa shape index (κ1) is 14.4. The molecule has 2 unspecified atom stereocenters. The number of primary amides is 1. The summed E-state index contributed by atoms with van der Waals surface area (Å²) in [7, 11) is 0. The number of hydrogen-bond acceptors (Lipinski definition) is 4. The van der Waals surface area contributed by atoms with Crippen LogP contribution in [0, 0.1) is 0 Å². The van der Waals surface area contributed by atoms with Crippen molar-refractivity contribution >= 4 is 17.8 Å². The summed E-state index contributed by atoms with van der Waals surface area (Å²) in [6.45, 7) is 0.761. The summed E-state index contributed by atoms with van der Waals surface area (Å²) in [5, 5.41) is 14.4. The summed E-state index contributed by atoms with van der Waals surface area (Å²) >= 11 is 0. The van der Waals surface area contributed by atoms with Crippen LogP contribution in [-0.4, -0.2) is 41.5 Å². The average Bonchev–Trinajstić information content (AvgIpc) is 2.34. The number of aliphatic carboxylic acids is 1. The molecular formula is C11H19N3O4. The fraction of sp³-hybridized carbons (Fsp3) is 0.727. The van der Waals surface area contributed by atoms with E-state index in [2.05, 4.69) is 10.6 Å². The lowest BCUT2D eigenvalue weighted by Gasteiger charge is -2.24. The molecule has 1 saturated heterocycles. The molecule has 0 spiro atoms. The van der Waals surface area contributed by atoms with Crippen LogP contribution in [0.4, 0.5) is 0 Å². The van der Waals surface area contributed by atoms with Gasteiger partial charge in [-0.3, -0.25) is 9.59 Å². The van der Waals surface area contributed by atoms with Gasteiger partial charge >= 0.3 is 5.97 Å². The molecule has 1 aliphatic rings. The van der Waals surface area contributed by atoms with Crippen LogP contribution in [0.2, 0.25) is 0 Å². The Balaban J connectivity index is 2.46. The molecule has 0 aromatic rings. The second-order valence-corrected chi connectivity index (χ2v) is 4.41. The monoisotopic (exact) mass is 257 g/mol. The van der Waals surface area contributed by atoms with Gasteiger partial charge in [-0.2, -0.15) is 0 Å². The third kappa shape index (κ3) is 4.70. The third-order valence-electron chi connectivity index (χ3n) is 2.92. The van der Waals surface area contributed by atoms with Gasteiger partial charge in [0.1, 0.15) is 6.04 Å². The molecule has 1 heterocycles. The van der Waals surface area contributed by atoms with E-state index in [4.69, 9.17) is 10.8 Å². The van der Waals surface area contributed by atoms with Crippen molar-refractivity contribution < 1.29 is 19.5 Å². The van der Waals surface area contributed by atoms with Gasteiger partial charge in [-0.15, -0.1) is 0 Å². The normalized spacial score (nSPS) is 21.0. The van der Waals surface area contributed by atoms with E-state index in [1.807, 2.05) is 0 Å². The molecule has 7 heteroatoms. The van der Waals surface area contributed by atoms with Crippen LogP contribution in [0.25, 0.3) is 0 Å². The highest BCUT2D eigenvalue weighted by Gasteiger charge is 2.26. The van der Waals surface area contributed by atoms with Gasteiger partial charge in [0.15, 0.2) is 0 Å². The molecule has 1 rings (SSSR count). The molecule has 0 aliphatic carbocycles. The van der Waals surface area contributed by atoms with Gasteiger partial charge in [-0.1, -0.05) is 6.42 Å². The summed E-state index contributed by atoms with van der Waals surface area (Å²) < 4.78 is 0. The maximum Gasteiger partial charge on any atom is 0.326 e. The Morgan fingerprint density at radius 1 is 1.39 bits per heavy atom. The second kappa shape index (κ2) is 6.95. The smallest absolute Gasteiger partial charge is 0.326 e. The first-order chi connectivity index (χ1) is 8.50. The number of piperidine rings is 1. The predicted octanol–water partition coefficient (Wildman–Crippen LogP) is -1.04. The second-order valence-electron chi connectivity index (χ2n) is 4.41. The first-order valence-corrected chi connectivity index (χ1v) is 6.05. The topological polar surface area (TPSA) is 122 Å². The van der Waals surface area contributed by atoms with Crippen LogP contribution < -0.4 is 16.4 Å². The summed E-state index contributed by atoms with van der Waals surface area (Å²) in [5.41, 5.74) is 4.96. The SMILES string of the molecule is NC(=O)CCC(NC(=O)C1CCCCN1)C(=O)O. The lowest BCUT2D eigenvalue weighted by molar-refractivity contribution is -0.142. The molecule has 18 heavy (non-hydrogen) atoms. The van der Waals surface area contributed by atoms with Crippen LogP contribution in [0.3, 0.4) is 0 Å². The number of carboxylic acids is 1. The van der Waals surface area contributed by atoms with Crippen molar-refractivity contribution in [2.75, 3.05) is 6.54 Å². The molecule has 0 aromatic heterocycles. The number of rotatable bonds is 6. The highest BCUT2D eigenvalue weighted by Crippen LogP contribution is 2.08. The summed E-state index contributed by atoms with van der Waals surface area (Å²) in [4.78, 5) is 33.4. The van der Waals surface area contributed by atoms with Crippen molar-refractivity contribution in [1.82, 2.24) is 10.6 Å². The number of carbonyl (C=O) groups excluding carboxylic acids is 2. The highest BCUT2D eigenvalue weighted by molar-refractivity contribution is 5.87. The Hall–Kier alpha value is -1.63. The standard InChI is InChI=1S/C11H19N3O4/c12-9(15)5-4-8(11(17)18)14-10(16)7-3-1-2-6-13-7/h7-8,13H,1-6H2,(H2,12,15)(H,14,16)(H,17,18). The van der Waals surface area contributed by atoms with Crippen LogP contribution >= 0.6 is 0 Å². The molecule has 0 bridgehead atoms. The summed E-state index contributed by atoms with van der Waals surface area (Å²) in [5.74, 6) is -2.06.